The average Bonchev–Trinajstić information content (AvgIpc) is 2.88. The predicted octanol–water partition coefficient (Wildman–Crippen LogP) is 2.86. The molecule has 0 aliphatic carbocycles. The molecule has 0 bridgehead atoms. The fourth-order valence-corrected chi connectivity index (χ4v) is 3.61. The van der Waals surface area contributed by atoms with Crippen molar-refractivity contribution in [3.05, 3.63) is 94.2 Å². The van der Waals surface area contributed by atoms with Crippen molar-refractivity contribution < 1.29 is 14.3 Å². The quantitative estimate of drug-likeness (QED) is 0.420. The molecule has 2 heterocycles. The number of methoxy groups -OCH3 is 2. The van der Waals surface area contributed by atoms with Gasteiger partial charge in [0.25, 0.3) is 5.56 Å². The van der Waals surface area contributed by atoms with Gasteiger partial charge in [0.2, 0.25) is 0 Å². The highest BCUT2D eigenvalue weighted by Crippen LogP contribution is 2.27. The zero-order valence-electron chi connectivity index (χ0n) is 18.9. The normalized spacial score (nSPS) is 10.6. The summed E-state index contributed by atoms with van der Waals surface area (Å²) in [5, 5.41) is 11.4. The van der Waals surface area contributed by atoms with Gasteiger partial charge in [-0.3, -0.25) is 9.78 Å². The molecule has 9 nitrogen and oxygen atoms in total. The Labute approximate surface area is 196 Å². The molecule has 0 radical (unpaired) electrons. The van der Waals surface area contributed by atoms with Gasteiger partial charge in [0.15, 0.2) is 11.5 Å². The maximum absolute atomic E-state index is 12.9. The number of fused-ring (bicyclic) bond motifs is 1. The Bertz CT molecular complexity index is 1350. The first-order valence-electron chi connectivity index (χ1n) is 10.7. The molecule has 34 heavy (non-hydrogen) atoms. The van der Waals surface area contributed by atoms with Crippen molar-refractivity contribution in [2.75, 3.05) is 14.2 Å². The van der Waals surface area contributed by atoms with E-state index >= 15 is 0 Å². The third-order valence-electron chi connectivity index (χ3n) is 5.32. The Kier molecular flexibility index (Phi) is 7.02. The maximum Gasteiger partial charge on any atom is 0.315 e. The van der Waals surface area contributed by atoms with Crippen LogP contribution in [0.2, 0.25) is 0 Å². The number of pyridine rings is 1. The summed E-state index contributed by atoms with van der Waals surface area (Å²) in [5.74, 6) is 1.21. The molecule has 0 saturated carbocycles. The van der Waals surface area contributed by atoms with Crippen LogP contribution in [0.3, 0.4) is 0 Å². The summed E-state index contributed by atoms with van der Waals surface area (Å²) in [6.07, 6.45) is 3.37. The lowest BCUT2D eigenvalue weighted by Gasteiger charge is -2.13. The first-order valence-corrected chi connectivity index (χ1v) is 10.7. The van der Waals surface area contributed by atoms with Gasteiger partial charge in [-0.2, -0.15) is 5.10 Å². The zero-order valence-corrected chi connectivity index (χ0v) is 18.9. The van der Waals surface area contributed by atoms with Crippen LogP contribution < -0.4 is 25.7 Å². The lowest BCUT2D eigenvalue weighted by molar-refractivity contribution is 0.240. The van der Waals surface area contributed by atoms with Crippen LogP contribution in [0.5, 0.6) is 11.5 Å². The van der Waals surface area contributed by atoms with Crippen molar-refractivity contribution >= 4 is 16.8 Å². The topological polar surface area (TPSA) is 107 Å². The molecule has 0 aliphatic heterocycles. The van der Waals surface area contributed by atoms with E-state index in [0.717, 1.165) is 11.1 Å². The third-order valence-corrected chi connectivity index (χ3v) is 5.32. The third kappa shape index (κ3) is 5.15. The monoisotopic (exact) mass is 459 g/mol. The van der Waals surface area contributed by atoms with E-state index < -0.39 is 0 Å². The van der Waals surface area contributed by atoms with Crippen LogP contribution in [0.4, 0.5) is 4.79 Å². The van der Waals surface area contributed by atoms with E-state index in [9.17, 15) is 9.59 Å². The molecule has 9 heteroatoms. The fraction of sp³-hybridized carbons (Fsp3) is 0.200. The highest BCUT2D eigenvalue weighted by Gasteiger charge is 2.12. The molecule has 2 aromatic heterocycles. The van der Waals surface area contributed by atoms with Crippen molar-refractivity contribution in [2.45, 2.75) is 19.6 Å². The number of hydrogen-bond donors (Lipinski definition) is 2. The molecule has 0 atom stereocenters. The Balaban J connectivity index is 1.48. The van der Waals surface area contributed by atoms with Crippen molar-refractivity contribution in [2.24, 2.45) is 0 Å². The number of amides is 2. The van der Waals surface area contributed by atoms with Gasteiger partial charge in [0.05, 0.1) is 38.4 Å². The smallest absolute Gasteiger partial charge is 0.315 e. The molecule has 0 aliphatic rings. The van der Waals surface area contributed by atoms with Gasteiger partial charge in [0, 0.05) is 24.3 Å². The molecular weight excluding hydrogens is 434 g/mol. The van der Waals surface area contributed by atoms with Crippen molar-refractivity contribution in [1.29, 1.82) is 0 Å². The molecule has 0 saturated heterocycles. The van der Waals surface area contributed by atoms with Crippen LogP contribution in [-0.4, -0.2) is 35.0 Å². The number of rotatable bonds is 8. The number of ether oxygens (including phenoxy) is 2. The lowest BCUT2D eigenvalue weighted by atomic mass is 10.1. The van der Waals surface area contributed by atoms with E-state index in [4.69, 9.17) is 9.47 Å². The van der Waals surface area contributed by atoms with Crippen LogP contribution in [0.25, 0.3) is 10.8 Å². The number of aromatic nitrogens is 3. The highest BCUT2D eigenvalue weighted by atomic mass is 16.5. The minimum absolute atomic E-state index is 0.158. The first kappa shape index (κ1) is 22.8. The van der Waals surface area contributed by atoms with Crippen LogP contribution in [0, 0.1) is 0 Å². The second-order valence-electron chi connectivity index (χ2n) is 7.54. The molecule has 2 aromatic carbocycles. The summed E-state index contributed by atoms with van der Waals surface area (Å²) in [6.45, 7) is 0.752. The minimum atomic E-state index is -0.356. The lowest BCUT2D eigenvalue weighted by Crippen LogP contribution is -2.35. The van der Waals surface area contributed by atoms with Crippen LogP contribution in [0.1, 0.15) is 16.8 Å². The number of hydrogen-bond acceptors (Lipinski definition) is 6. The summed E-state index contributed by atoms with van der Waals surface area (Å²) >= 11 is 0. The van der Waals surface area contributed by atoms with E-state index in [1.807, 2.05) is 42.5 Å². The molecule has 0 unspecified atom stereocenters. The Morgan fingerprint density at radius 2 is 1.68 bits per heavy atom. The Hall–Kier alpha value is -4.40. The molecule has 174 valence electrons. The van der Waals surface area contributed by atoms with Gasteiger partial charge in [-0.1, -0.05) is 30.3 Å². The SMILES string of the molecule is COc1ccc(CNC(=O)NCc2nn(Cc3cccnc3)c(=O)c3ccccc23)cc1OC. The number of nitrogens with zero attached hydrogens (tertiary/aromatic N) is 3. The van der Waals surface area contributed by atoms with Gasteiger partial charge >= 0.3 is 6.03 Å². The van der Waals surface area contributed by atoms with Crippen LogP contribution in [-0.2, 0) is 19.6 Å². The fourth-order valence-electron chi connectivity index (χ4n) is 3.61. The molecular formula is C25H25N5O4. The summed E-state index contributed by atoms with van der Waals surface area (Å²) in [5.41, 5.74) is 2.13. The van der Waals surface area contributed by atoms with Crippen molar-refractivity contribution in [3.63, 3.8) is 0 Å². The molecule has 2 amide bonds. The maximum atomic E-state index is 12.9. The van der Waals surface area contributed by atoms with Gasteiger partial charge in [-0.05, 0) is 35.4 Å². The van der Waals surface area contributed by atoms with Gasteiger partial charge in [0.1, 0.15) is 0 Å². The Morgan fingerprint density at radius 3 is 2.41 bits per heavy atom. The number of urea groups is 1. The summed E-state index contributed by atoms with van der Waals surface area (Å²) in [4.78, 5) is 29.5. The van der Waals surface area contributed by atoms with E-state index in [1.54, 1.807) is 38.7 Å². The van der Waals surface area contributed by atoms with E-state index in [2.05, 4.69) is 20.7 Å². The summed E-state index contributed by atoms with van der Waals surface area (Å²) in [7, 11) is 3.13. The molecule has 4 rings (SSSR count). The molecule has 0 spiro atoms. The van der Waals surface area contributed by atoms with E-state index in [0.29, 0.717) is 34.5 Å². The number of carbonyl (C=O) groups is 1. The standard InChI is InChI=1S/C25H25N5O4/c1-33-22-10-9-17(12-23(22)34-2)14-27-25(32)28-15-21-19-7-3-4-8-20(19)24(31)30(29-21)16-18-6-5-11-26-13-18/h3-13H,14-16H2,1-2H3,(H2,27,28,32). The first-order chi connectivity index (χ1) is 16.6. The van der Waals surface area contributed by atoms with E-state index in [1.165, 1.54) is 4.68 Å². The molecule has 0 fully saturated rings. The highest BCUT2D eigenvalue weighted by molar-refractivity contribution is 5.84. The van der Waals surface area contributed by atoms with Crippen LogP contribution in [0.15, 0.2) is 71.8 Å². The summed E-state index contributed by atoms with van der Waals surface area (Å²) < 4.78 is 11.9. The number of benzene rings is 2. The van der Waals surface area contributed by atoms with Crippen molar-refractivity contribution in [3.8, 4) is 11.5 Å². The van der Waals surface area contributed by atoms with Crippen LogP contribution >= 0.6 is 0 Å². The van der Waals surface area contributed by atoms with Crippen molar-refractivity contribution in [1.82, 2.24) is 25.4 Å². The second kappa shape index (κ2) is 10.5. The molecule has 2 N–H and O–H groups in total. The van der Waals surface area contributed by atoms with E-state index in [-0.39, 0.29) is 24.7 Å². The number of carbonyl (C=O) groups excluding carboxylic acids is 1. The predicted molar refractivity (Wildman–Crippen MR) is 128 cm³/mol. The second-order valence-corrected chi connectivity index (χ2v) is 7.54. The van der Waals surface area contributed by atoms with Gasteiger partial charge in [-0.15, -0.1) is 0 Å². The largest absolute Gasteiger partial charge is 0.493 e. The number of nitrogens with one attached hydrogen (secondary N) is 2. The molecule has 4 aromatic rings. The van der Waals surface area contributed by atoms with Gasteiger partial charge < -0.3 is 20.1 Å². The average molecular weight is 460 g/mol. The van der Waals surface area contributed by atoms with Gasteiger partial charge in [-0.25, -0.2) is 9.48 Å². The Morgan fingerprint density at radius 1 is 0.912 bits per heavy atom. The minimum Gasteiger partial charge on any atom is -0.493 e. The zero-order chi connectivity index (χ0) is 23.9. The summed E-state index contributed by atoms with van der Waals surface area (Å²) in [6, 6.07) is 16.0.